The number of ether oxygens (including phenoxy) is 1. The summed E-state index contributed by atoms with van der Waals surface area (Å²) in [6.45, 7) is 3.06. The lowest BCUT2D eigenvalue weighted by molar-refractivity contribution is 0.0215. The van der Waals surface area contributed by atoms with Gasteiger partial charge in [-0.1, -0.05) is 0 Å². The Bertz CT molecular complexity index is 438. The van der Waals surface area contributed by atoms with Gasteiger partial charge in [-0.3, -0.25) is 0 Å². The molecule has 2 unspecified atom stereocenters. The first-order chi connectivity index (χ1) is 9.25. The van der Waals surface area contributed by atoms with Crippen molar-refractivity contribution in [2.24, 2.45) is 0 Å². The van der Waals surface area contributed by atoms with E-state index in [0.29, 0.717) is 13.2 Å². The summed E-state index contributed by atoms with van der Waals surface area (Å²) in [5.41, 5.74) is 0. The third-order valence-corrected chi connectivity index (χ3v) is 2.76. The summed E-state index contributed by atoms with van der Waals surface area (Å²) in [5.74, 6) is 1.60. The fourth-order valence-electron chi connectivity index (χ4n) is 1.70. The van der Waals surface area contributed by atoms with Crippen LogP contribution in [-0.2, 0) is 11.3 Å². The van der Waals surface area contributed by atoms with Crippen molar-refractivity contribution in [2.45, 2.75) is 25.7 Å². The third-order valence-electron chi connectivity index (χ3n) is 2.76. The maximum atomic E-state index is 9.78. The van der Waals surface area contributed by atoms with Crippen molar-refractivity contribution in [2.75, 3.05) is 13.2 Å². The van der Waals surface area contributed by atoms with Crippen LogP contribution < -0.4 is 5.32 Å². The van der Waals surface area contributed by atoms with Crippen molar-refractivity contribution in [3.8, 4) is 0 Å². The van der Waals surface area contributed by atoms with Crippen LogP contribution in [0.15, 0.2) is 45.6 Å². The molecule has 0 aromatic carbocycles. The Morgan fingerprint density at radius 3 is 2.74 bits per heavy atom. The SMILES string of the molecule is CC(NCC(O)COCc1ccco1)c1ccco1. The van der Waals surface area contributed by atoms with Crippen LogP contribution in [0.25, 0.3) is 0 Å². The van der Waals surface area contributed by atoms with Gasteiger partial charge in [-0.15, -0.1) is 0 Å². The Hall–Kier alpha value is -1.56. The highest BCUT2D eigenvalue weighted by atomic mass is 16.5. The van der Waals surface area contributed by atoms with E-state index in [4.69, 9.17) is 13.6 Å². The van der Waals surface area contributed by atoms with Crippen molar-refractivity contribution in [3.63, 3.8) is 0 Å². The summed E-state index contributed by atoms with van der Waals surface area (Å²) in [6.07, 6.45) is 2.67. The van der Waals surface area contributed by atoms with Gasteiger partial charge in [0.1, 0.15) is 18.1 Å². The average molecular weight is 265 g/mol. The van der Waals surface area contributed by atoms with Crippen LogP contribution in [0, 0.1) is 0 Å². The molecular weight excluding hydrogens is 246 g/mol. The lowest BCUT2D eigenvalue weighted by Crippen LogP contribution is -2.32. The third kappa shape index (κ3) is 4.55. The second kappa shape index (κ2) is 7.13. The van der Waals surface area contributed by atoms with Crippen molar-refractivity contribution >= 4 is 0 Å². The van der Waals surface area contributed by atoms with Gasteiger partial charge in [0.2, 0.25) is 0 Å². The van der Waals surface area contributed by atoms with Gasteiger partial charge in [0.25, 0.3) is 0 Å². The maximum Gasteiger partial charge on any atom is 0.129 e. The lowest BCUT2D eigenvalue weighted by atomic mass is 10.2. The van der Waals surface area contributed by atoms with Gasteiger partial charge < -0.3 is 24.0 Å². The Balaban J connectivity index is 1.60. The average Bonchev–Trinajstić information content (AvgIpc) is 3.08. The van der Waals surface area contributed by atoms with Crippen LogP contribution in [0.2, 0.25) is 0 Å². The van der Waals surface area contributed by atoms with E-state index in [9.17, 15) is 5.11 Å². The van der Waals surface area contributed by atoms with Gasteiger partial charge >= 0.3 is 0 Å². The lowest BCUT2D eigenvalue weighted by Gasteiger charge is -2.15. The smallest absolute Gasteiger partial charge is 0.129 e. The largest absolute Gasteiger partial charge is 0.468 e. The molecule has 0 spiro atoms. The van der Waals surface area contributed by atoms with E-state index in [2.05, 4.69) is 5.32 Å². The Kier molecular flexibility index (Phi) is 5.20. The van der Waals surface area contributed by atoms with E-state index in [1.807, 2.05) is 31.2 Å². The molecule has 2 heterocycles. The first-order valence-corrected chi connectivity index (χ1v) is 6.30. The van der Waals surface area contributed by atoms with E-state index in [-0.39, 0.29) is 12.6 Å². The molecule has 2 aromatic rings. The molecule has 104 valence electrons. The Morgan fingerprint density at radius 1 is 1.26 bits per heavy atom. The molecule has 2 rings (SSSR count). The van der Waals surface area contributed by atoms with Gasteiger partial charge in [-0.2, -0.15) is 0 Å². The Labute approximate surface area is 112 Å². The summed E-state index contributed by atoms with van der Waals surface area (Å²) in [4.78, 5) is 0. The van der Waals surface area contributed by atoms with Gasteiger partial charge in [0.15, 0.2) is 0 Å². The van der Waals surface area contributed by atoms with Crippen molar-refractivity contribution in [1.29, 1.82) is 0 Å². The van der Waals surface area contributed by atoms with E-state index < -0.39 is 6.10 Å². The molecule has 0 radical (unpaired) electrons. The zero-order valence-electron chi connectivity index (χ0n) is 10.9. The highest BCUT2D eigenvalue weighted by Crippen LogP contribution is 2.11. The second-order valence-electron chi connectivity index (χ2n) is 4.39. The minimum Gasteiger partial charge on any atom is -0.468 e. The normalized spacial score (nSPS) is 14.4. The molecule has 0 saturated heterocycles. The van der Waals surface area contributed by atoms with Crippen LogP contribution in [0.4, 0.5) is 0 Å². The molecule has 0 amide bonds. The molecule has 2 atom stereocenters. The second-order valence-corrected chi connectivity index (χ2v) is 4.39. The molecular formula is C14H19NO4. The van der Waals surface area contributed by atoms with E-state index in [0.717, 1.165) is 11.5 Å². The molecule has 0 saturated carbocycles. The van der Waals surface area contributed by atoms with Gasteiger partial charge in [-0.25, -0.2) is 0 Å². The van der Waals surface area contributed by atoms with E-state index in [1.54, 1.807) is 12.5 Å². The number of hydrogen-bond acceptors (Lipinski definition) is 5. The van der Waals surface area contributed by atoms with Crippen LogP contribution in [-0.4, -0.2) is 24.4 Å². The molecule has 0 fully saturated rings. The number of aliphatic hydroxyl groups is 1. The number of aliphatic hydroxyl groups excluding tert-OH is 1. The molecule has 0 aliphatic rings. The van der Waals surface area contributed by atoms with Crippen molar-refractivity contribution < 1.29 is 18.7 Å². The van der Waals surface area contributed by atoms with Crippen molar-refractivity contribution in [3.05, 3.63) is 48.3 Å². The highest BCUT2D eigenvalue weighted by molar-refractivity contribution is 5.02. The van der Waals surface area contributed by atoms with Gasteiger partial charge in [0.05, 0.1) is 31.3 Å². The van der Waals surface area contributed by atoms with Gasteiger partial charge in [0, 0.05) is 6.54 Å². The number of rotatable bonds is 8. The fraction of sp³-hybridized carbons (Fsp3) is 0.429. The monoisotopic (exact) mass is 265 g/mol. The molecule has 19 heavy (non-hydrogen) atoms. The molecule has 5 nitrogen and oxygen atoms in total. The quantitative estimate of drug-likeness (QED) is 0.765. The zero-order chi connectivity index (χ0) is 13.5. The number of furan rings is 2. The first kappa shape index (κ1) is 13.9. The van der Waals surface area contributed by atoms with Crippen LogP contribution in [0.5, 0.6) is 0 Å². The molecule has 0 aliphatic heterocycles. The maximum absolute atomic E-state index is 9.78. The fourth-order valence-corrected chi connectivity index (χ4v) is 1.70. The summed E-state index contributed by atoms with van der Waals surface area (Å²) in [6, 6.07) is 7.45. The van der Waals surface area contributed by atoms with Gasteiger partial charge in [-0.05, 0) is 31.2 Å². The summed E-state index contributed by atoms with van der Waals surface area (Å²) < 4.78 is 15.8. The minimum absolute atomic E-state index is 0.0646. The first-order valence-electron chi connectivity index (χ1n) is 6.30. The minimum atomic E-state index is -0.563. The number of hydrogen-bond donors (Lipinski definition) is 2. The molecule has 0 aliphatic carbocycles. The molecule has 0 bridgehead atoms. The Morgan fingerprint density at radius 2 is 2.05 bits per heavy atom. The number of nitrogens with one attached hydrogen (secondary N) is 1. The summed E-state index contributed by atoms with van der Waals surface area (Å²) in [5, 5.41) is 13.0. The predicted molar refractivity (Wildman–Crippen MR) is 69.5 cm³/mol. The van der Waals surface area contributed by atoms with E-state index >= 15 is 0 Å². The summed E-state index contributed by atoms with van der Waals surface area (Å²) >= 11 is 0. The molecule has 2 aromatic heterocycles. The predicted octanol–water partition coefficient (Wildman–Crippen LogP) is 2.10. The zero-order valence-corrected chi connectivity index (χ0v) is 10.9. The van der Waals surface area contributed by atoms with E-state index in [1.165, 1.54) is 0 Å². The van der Waals surface area contributed by atoms with Crippen LogP contribution in [0.1, 0.15) is 24.5 Å². The highest BCUT2D eigenvalue weighted by Gasteiger charge is 2.10. The van der Waals surface area contributed by atoms with Crippen LogP contribution in [0.3, 0.4) is 0 Å². The summed E-state index contributed by atoms with van der Waals surface area (Å²) in [7, 11) is 0. The standard InChI is InChI=1S/C14H19NO4/c1-11(14-5-3-7-19-14)15-8-12(16)9-17-10-13-4-2-6-18-13/h2-7,11-12,15-16H,8-10H2,1H3. The van der Waals surface area contributed by atoms with Crippen LogP contribution >= 0.6 is 0 Å². The molecule has 5 heteroatoms. The topological polar surface area (TPSA) is 67.8 Å². The van der Waals surface area contributed by atoms with Crippen molar-refractivity contribution in [1.82, 2.24) is 5.32 Å². The molecule has 2 N–H and O–H groups in total.